The number of amides is 1. The van der Waals surface area contributed by atoms with Gasteiger partial charge in [-0.1, -0.05) is 35.9 Å². The van der Waals surface area contributed by atoms with Gasteiger partial charge < -0.3 is 15.8 Å². The zero-order valence-electron chi connectivity index (χ0n) is 16.9. The molecule has 0 saturated heterocycles. The highest BCUT2D eigenvalue weighted by Crippen LogP contribution is 2.31. The van der Waals surface area contributed by atoms with Crippen LogP contribution >= 0.6 is 11.6 Å². The average molecular weight is 433 g/mol. The van der Waals surface area contributed by atoms with Crippen LogP contribution in [0.3, 0.4) is 0 Å². The van der Waals surface area contributed by atoms with Gasteiger partial charge in [-0.15, -0.1) is 0 Å². The van der Waals surface area contributed by atoms with Crippen LogP contribution in [0.1, 0.15) is 5.69 Å². The SMILES string of the molecule is COc1ccccc1-c1nc(CC(=O)Nc2ccccc2N)cn1-c1ccc(Cl)cc1. The molecule has 1 aromatic heterocycles. The smallest absolute Gasteiger partial charge is 0.230 e. The van der Waals surface area contributed by atoms with Gasteiger partial charge in [0.15, 0.2) is 0 Å². The van der Waals surface area contributed by atoms with Crippen molar-refractivity contribution in [2.45, 2.75) is 6.42 Å². The van der Waals surface area contributed by atoms with Gasteiger partial charge in [0.1, 0.15) is 11.6 Å². The summed E-state index contributed by atoms with van der Waals surface area (Å²) in [5.41, 5.74) is 9.32. The highest BCUT2D eigenvalue weighted by Gasteiger charge is 2.17. The fourth-order valence-corrected chi connectivity index (χ4v) is 3.43. The lowest BCUT2D eigenvalue weighted by atomic mass is 10.2. The molecule has 3 N–H and O–H groups in total. The van der Waals surface area contributed by atoms with Crippen molar-refractivity contribution in [3.63, 3.8) is 0 Å². The van der Waals surface area contributed by atoms with Crippen molar-refractivity contribution < 1.29 is 9.53 Å². The van der Waals surface area contributed by atoms with Gasteiger partial charge in [0.2, 0.25) is 5.91 Å². The van der Waals surface area contributed by atoms with Crippen LogP contribution in [0.2, 0.25) is 5.02 Å². The number of carbonyl (C=O) groups is 1. The number of methoxy groups -OCH3 is 1. The molecule has 156 valence electrons. The van der Waals surface area contributed by atoms with Gasteiger partial charge in [0.25, 0.3) is 0 Å². The number of anilines is 2. The maximum atomic E-state index is 12.6. The fraction of sp³-hybridized carbons (Fsp3) is 0.0833. The van der Waals surface area contributed by atoms with E-state index in [1.54, 1.807) is 19.2 Å². The molecule has 6 nitrogen and oxygen atoms in total. The summed E-state index contributed by atoms with van der Waals surface area (Å²) in [4.78, 5) is 17.4. The highest BCUT2D eigenvalue weighted by molar-refractivity contribution is 6.30. The summed E-state index contributed by atoms with van der Waals surface area (Å²) in [7, 11) is 1.62. The summed E-state index contributed by atoms with van der Waals surface area (Å²) >= 11 is 6.06. The summed E-state index contributed by atoms with van der Waals surface area (Å²) in [6.45, 7) is 0. The normalized spacial score (nSPS) is 10.6. The molecule has 1 amide bonds. The molecule has 4 rings (SSSR count). The van der Waals surface area contributed by atoms with E-state index in [0.717, 1.165) is 11.3 Å². The standard InChI is InChI=1S/C24H21ClN4O2/c1-31-22-9-5-2-6-19(22)24-27-17(15-29(24)18-12-10-16(25)11-13-18)14-23(30)28-21-8-4-3-7-20(21)26/h2-13,15H,14,26H2,1H3,(H,28,30). The summed E-state index contributed by atoms with van der Waals surface area (Å²) in [6.07, 6.45) is 1.94. The Kier molecular flexibility index (Phi) is 5.91. The number of hydrogen-bond acceptors (Lipinski definition) is 4. The number of para-hydroxylation sites is 3. The van der Waals surface area contributed by atoms with E-state index in [9.17, 15) is 4.79 Å². The zero-order chi connectivity index (χ0) is 21.8. The second-order valence-corrected chi connectivity index (χ2v) is 7.35. The molecule has 0 aliphatic rings. The molecule has 3 aromatic carbocycles. The molecule has 0 atom stereocenters. The average Bonchev–Trinajstić information content (AvgIpc) is 3.19. The first kappa shape index (κ1) is 20.5. The number of carbonyl (C=O) groups excluding carboxylic acids is 1. The van der Waals surface area contributed by atoms with Gasteiger partial charge >= 0.3 is 0 Å². The molecule has 0 bridgehead atoms. The molecule has 0 radical (unpaired) electrons. The van der Waals surface area contributed by atoms with E-state index in [1.165, 1.54) is 0 Å². The van der Waals surface area contributed by atoms with Crippen molar-refractivity contribution >= 4 is 28.9 Å². The first-order chi connectivity index (χ1) is 15.0. The molecular formula is C24H21ClN4O2. The molecule has 1 heterocycles. The lowest BCUT2D eigenvalue weighted by Crippen LogP contribution is -2.15. The van der Waals surface area contributed by atoms with Crippen molar-refractivity contribution in [2.24, 2.45) is 0 Å². The quantitative estimate of drug-likeness (QED) is 0.421. The number of nitrogens with one attached hydrogen (secondary N) is 1. The van der Waals surface area contributed by atoms with Gasteiger partial charge in [-0.3, -0.25) is 9.36 Å². The molecule has 0 saturated carbocycles. The number of halogens is 1. The van der Waals surface area contributed by atoms with Crippen LogP contribution < -0.4 is 15.8 Å². The van der Waals surface area contributed by atoms with Crippen molar-refractivity contribution in [3.8, 4) is 22.8 Å². The van der Waals surface area contributed by atoms with E-state index in [4.69, 9.17) is 27.1 Å². The third-order valence-corrected chi connectivity index (χ3v) is 5.04. The van der Waals surface area contributed by atoms with Crippen molar-refractivity contribution in [1.29, 1.82) is 0 Å². The van der Waals surface area contributed by atoms with Crippen LogP contribution in [0.5, 0.6) is 5.75 Å². The molecule has 31 heavy (non-hydrogen) atoms. The number of imidazole rings is 1. The first-order valence-electron chi connectivity index (χ1n) is 9.67. The van der Waals surface area contributed by atoms with Crippen LogP contribution in [0.15, 0.2) is 79.0 Å². The maximum Gasteiger partial charge on any atom is 0.230 e. The molecule has 4 aromatic rings. The topological polar surface area (TPSA) is 82.2 Å². The third kappa shape index (κ3) is 4.54. The van der Waals surface area contributed by atoms with E-state index in [0.29, 0.717) is 33.7 Å². The number of rotatable bonds is 6. The Balaban J connectivity index is 1.70. The first-order valence-corrected chi connectivity index (χ1v) is 10.0. The Labute approximate surface area is 185 Å². The predicted octanol–water partition coefficient (Wildman–Crippen LogP) is 4.96. The van der Waals surface area contributed by atoms with Crippen LogP contribution in [-0.4, -0.2) is 22.6 Å². The van der Waals surface area contributed by atoms with Crippen molar-refractivity contribution in [3.05, 3.63) is 89.7 Å². The van der Waals surface area contributed by atoms with Gasteiger partial charge in [0, 0.05) is 16.9 Å². The molecule has 0 fully saturated rings. The monoisotopic (exact) mass is 432 g/mol. The maximum absolute atomic E-state index is 12.6. The second-order valence-electron chi connectivity index (χ2n) is 6.91. The van der Waals surface area contributed by atoms with Gasteiger partial charge in [-0.2, -0.15) is 0 Å². The molecule has 0 spiro atoms. The minimum absolute atomic E-state index is 0.0943. The zero-order valence-corrected chi connectivity index (χ0v) is 17.6. The third-order valence-electron chi connectivity index (χ3n) is 4.79. The van der Waals surface area contributed by atoms with E-state index < -0.39 is 0 Å². The second kappa shape index (κ2) is 8.93. The Morgan fingerprint density at radius 3 is 2.52 bits per heavy atom. The van der Waals surface area contributed by atoms with Gasteiger partial charge in [-0.25, -0.2) is 4.98 Å². The molecule has 7 heteroatoms. The van der Waals surface area contributed by atoms with Gasteiger partial charge in [-0.05, 0) is 48.5 Å². The lowest BCUT2D eigenvalue weighted by molar-refractivity contribution is -0.115. The number of ether oxygens (including phenoxy) is 1. The summed E-state index contributed by atoms with van der Waals surface area (Å²) in [5, 5.41) is 3.48. The molecule has 0 aliphatic heterocycles. The lowest BCUT2D eigenvalue weighted by Gasteiger charge is -2.11. The number of nitrogen functional groups attached to an aromatic ring is 1. The summed E-state index contributed by atoms with van der Waals surface area (Å²) in [5.74, 6) is 1.16. The minimum atomic E-state index is -0.203. The fourth-order valence-electron chi connectivity index (χ4n) is 3.30. The minimum Gasteiger partial charge on any atom is -0.496 e. The van der Waals surface area contributed by atoms with Crippen LogP contribution in [0.4, 0.5) is 11.4 Å². The Hall–Kier alpha value is -3.77. The molecule has 0 unspecified atom stereocenters. The van der Waals surface area contributed by atoms with Crippen LogP contribution in [0.25, 0.3) is 17.1 Å². The van der Waals surface area contributed by atoms with E-state index >= 15 is 0 Å². The molecular weight excluding hydrogens is 412 g/mol. The van der Waals surface area contributed by atoms with Crippen molar-refractivity contribution in [1.82, 2.24) is 9.55 Å². The number of aromatic nitrogens is 2. The summed E-state index contributed by atoms with van der Waals surface area (Å²) in [6, 6.07) is 22.2. The number of hydrogen-bond donors (Lipinski definition) is 2. The highest BCUT2D eigenvalue weighted by atomic mass is 35.5. The number of nitrogens with two attached hydrogens (primary N) is 1. The number of nitrogens with zero attached hydrogens (tertiary/aromatic N) is 2. The Morgan fingerprint density at radius 1 is 1.06 bits per heavy atom. The van der Waals surface area contributed by atoms with Gasteiger partial charge in [0.05, 0.1) is 36.2 Å². The Morgan fingerprint density at radius 2 is 1.77 bits per heavy atom. The van der Waals surface area contributed by atoms with Crippen LogP contribution in [-0.2, 0) is 11.2 Å². The van der Waals surface area contributed by atoms with E-state index in [2.05, 4.69) is 5.32 Å². The Bertz CT molecular complexity index is 1220. The van der Waals surface area contributed by atoms with Crippen LogP contribution in [0, 0.1) is 0 Å². The number of benzene rings is 3. The van der Waals surface area contributed by atoms with E-state index in [1.807, 2.05) is 71.4 Å². The largest absolute Gasteiger partial charge is 0.496 e. The predicted molar refractivity (Wildman–Crippen MR) is 124 cm³/mol. The van der Waals surface area contributed by atoms with E-state index in [-0.39, 0.29) is 12.3 Å². The molecule has 0 aliphatic carbocycles. The summed E-state index contributed by atoms with van der Waals surface area (Å²) < 4.78 is 7.45. The van der Waals surface area contributed by atoms with Crippen molar-refractivity contribution in [2.75, 3.05) is 18.2 Å².